The van der Waals surface area contributed by atoms with Crippen LogP contribution in [0.3, 0.4) is 0 Å². The molecule has 49 heavy (non-hydrogen) atoms. The molecule has 0 saturated heterocycles. The quantitative estimate of drug-likeness (QED) is 0.0397. The molecule has 0 heterocycles. The molecule has 1 N–H and O–H groups in total. The molecule has 0 fully saturated rings. The Hall–Kier alpha value is -1.65. The Morgan fingerprint density at radius 3 is 1.39 bits per heavy atom. The van der Waals surface area contributed by atoms with Gasteiger partial charge in [-0.1, -0.05) is 197 Å². The van der Waals surface area contributed by atoms with Crippen LogP contribution in [0.25, 0.3) is 0 Å². The van der Waals surface area contributed by atoms with Crippen molar-refractivity contribution in [2.24, 2.45) is 0 Å². The van der Waals surface area contributed by atoms with Gasteiger partial charge >= 0.3 is 5.97 Å². The Bertz CT molecular complexity index is 768. The zero-order chi connectivity index (χ0) is 35.6. The third kappa shape index (κ3) is 40.7. The lowest BCUT2D eigenvalue weighted by molar-refractivity contribution is -0.154. The van der Waals surface area contributed by atoms with Gasteiger partial charge in [0.2, 0.25) is 0 Å². The molecule has 0 aliphatic carbocycles. The van der Waals surface area contributed by atoms with Crippen LogP contribution in [0.15, 0.2) is 48.6 Å². The summed E-state index contributed by atoms with van der Waals surface area (Å²) in [6, 6.07) is 0. The number of aliphatic hydroxyl groups is 1. The first-order chi connectivity index (χ1) is 24.2. The van der Waals surface area contributed by atoms with E-state index in [1.807, 2.05) is 0 Å². The van der Waals surface area contributed by atoms with Crippen LogP contribution >= 0.6 is 0 Å². The lowest BCUT2D eigenvalue weighted by Gasteiger charge is -2.16. The molecule has 0 aliphatic heterocycles. The summed E-state index contributed by atoms with van der Waals surface area (Å²) in [6.45, 7) is 5.23. The summed E-state index contributed by atoms with van der Waals surface area (Å²) in [5.41, 5.74) is 0. The number of hydrogen-bond acceptors (Lipinski definition) is 4. The first-order valence-electron chi connectivity index (χ1n) is 21.2. The predicted molar refractivity (Wildman–Crippen MR) is 214 cm³/mol. The lowest BCUT2D eigenvalue weighted by atomic mass is 10.0. The van der Waals surface area contributed by atoms with Crippen molar-refractivity contribution < 1.29 is 19.4 Å². The zero-order valence-electron chi connectivity index (χ0n) is 32.7. The smallest absolute Gasteiger partial charge is 0.306 e. The van der Waals surface area contributed by atoms with Crippen LogP contribution in [0.1, 0.15) is 206 Å². The highest BCUT2D eigenvalue weighted by Gasteiger charge is 2.13. The lowest BCUT2D eigenvalue weighted by Crippen LogP contribution is -2.27. The summed E-state index contributed by atoms with van der Waals surface area (Å²) in [7, 11) is 0. The largest absolute Gasteiger partial charge is 0.457 e. The molecule has 4 heteroatoms. The second kappa shape index (κ2) is 42.5. The van der Waals surface area contributed by atoms with Gasteiger partial charge in [-0.3, -0.25) is 4.79 Å². The van der Waals surface area contributed by atoms with Crippen molar-refractivity contribution in [3.63, 3.8) is 0 Å². The van der Waals surface area contributed by atoms with Gasteiger partial charge in [-0.25, -0.2) is 0 Å². The minimum Gasteiger partial charge on any atom is -0.457 e. The molecule has 1 atom stereocenters. The highest BCUT2D eigenvalue weighted by molar-refractivity contribution is 5.69. The molecule has 0 aromatic rings. The third-order valence-electron chi connectivity index (χ3n) is 9.17. The van der Waals surface area contributed by atoms with Crippen molar-refractivity contribution in [2.75, 3.05) is 19.8 Å². The molecule has 0 aliphatic rings. The van der Waals surface area contributed by atoms with Gasteiger partial charge in [-0.2, -0.15) is 0 Å². The van der Waals surface area contributed by atoms with Gasteiger partial charge in [0, 0.05) is 13.0 Å². The Morgan fingerprint density at radius 2 is 0.918 bits per heavy atom. The minimum absolute atomic E-state index is 0.175. The van der Waals surface area contributed by atoms with E-state index >= 15 is 0 Å². The number of esters is 1. The number of ether oxygens (including phenoxy) is 2. The van der Waals surface area contributed by atoms with E-state index in [4.69, 9.17) is 9.47 Å². The summed E-state index contributed by atoms with van der Waals surface area (Å²) < 4.78 is 11.2. The normalized spacial score (nSPS) is 12.8. The van der Waals surface area contributed by atoms with Crippen LogP contribution in [0.5, 0.6) is 0 Å². The number of carbonyl (C=O) groups excluding carboxylic acids is 1. The van der Waals surface area contributed by atoms with E-state index in [0.717, 1.165) is 44.9 Å². The topological polar surface area (TPSA) is 55.8 Å². The summed E-state index contributed by atoms with van der Waals surface area (Å²) in [5.74, 6) is -0.203. The van der Waals surface area contributed by atoms with Crippen molar-refractivity contribution >= 4 is 5.97 Å². The molecule has 0 spiro atoms. The number of unbranched alkanes of at least 4 members (excludes halogenated alkanes) is 23. The Morgan fingerprint density at radius 1 is 0.510 bits per heavy atom. The molecule has 0 aromatic carbocycles. The molecule has 0 amide bonds. The van der Waals surface area contributed by atoms with Crippen molar-refractivity contribution in [3.05, 3.63) is 48.6 Å². The molecule has 0 radical (unpaired) electrons. The zero-order valence-corrected chi connectivity index (χ0v) is 32.7. The summed E-state index contributed by atoms with van der Waals surface area (Å²) >= 11 is 0. The van der Waals surface area contributed by atoms with E-state index in [0.29, 0.717) is 19.6 Å². The average Bonchev–Trinajstić information content (AvgIpc) is 3.11. The molecular formula is C45H82O4. The summed E-state index contributed by atoms with van der Waals surface area (Å²) in [4.78, 5) is 12.2. The fraction of sp³-hybridized carbons (Fsp3) is 0.800. The second-order valence-corrected chi connectivity index (χ2v) is 14.0. The molecule has 286 valence electrons. The van der Waals surface area contributed by atoms with Gasteiger partial charge in [0.1, 0.15) is 6.10 Å². The average molecular weight is 687 g/mol. The fourth-order valence-electron chi connectivity index (χ4n) is 6.03. The standard InChI is InChI=1S/C45H82O4/c1-3-5-7-9-11-13-15-17-19-21-22-23-25-27-29-31-33-35-37-39-41-48-43-44(42-46)49-45(47)40-38-36-34-32-30-28-26-24-20-18-16-14-12-10-8-6-4-2/h5,7,11,13,17,19,22-23,44,46H,3-4,6,8-10,12,14-16,18,20-21,24-43H2,1-2H3/b7-5-,13-11-,19-17-,23-22-. The van der Waals surface area contributed by atoms with Crippen LogP contribution in [-0.4, -0.2) is 37.0 Å². The first kappa shape index (κ1) is 47.4. The van der Waals surface area contributed by atoms with Gasteiger partial charge in [-0.05, 0) is 51.4 Å². The van der Waals surface area contributed by atoms with Gasteiger partial charge in [-0.15, -0.1) is 0 Å². The Labute approximate surface area is 305 Å². The van der Waals surface area contributed by atoms with E-state index < -0.39 is 6.10 Å². The molecule has 0 aromatic heterocycles. The number of rotatable bonds is 39. The highest BCUT2D eigenvalue weighted by atomic mass is 16.6. The SMILES string of the molecule is CC/C=C\C/C=C\C/C=C\C/C=C\CCCCCCCCCOCC(CO)OC(=O)CCCCCCCCCCCCCCCCCCC. The van der Waals surface area contributed by atoms with Gasteiger partial charge in [0.25, 0.3) is 0 Å². The van der Waals surface area contributed by atoms with E-state index in [1.54, 1.807) is 0 Å². The van der Waals surface area contributed by atoms with Crippen LogP contribution in [0.2, 0.25) is 0 Å². The monoisotopic (exact) mass is 687 g/mol. The Balaban J connectivity index is 3.44. The first-order valence-corrected chi connectivity index (χ1v) is 21.2. The van der Waals surface area contributed by atoms with Crippen LogP contribution < -0.4 is 0 Å². The van der Waals surface area contributed by atoms with Crippen molar-refractivity contribution in [1.29, 1.82) is 0 Å². The number of hydrogen-bond donors (Lipinski definition) is 1. The predicted octanol–water partition coefficient (Wildman–Crippen LogP) is 13.9. The van der Waals surface area contributed by atoms with E-state index in [1.165, 1.54) is 141 Å². The molecule has 0 bridgehead atoms. The van der Waals surface area contributed by atoms with Crippen LogP contribution in [-0.2, 0) is 14.3 Å². The third-order valence-corrected chi connectivity index (χ3v) is 9.17. The van der Waals surface area contributed by atoms with Gasteiger partial charge in [0.15, 0.2) is 0 Å². The number of aliphatic hydroxyl groups excluding tert-OH is 1. The van der Waals surface area contributed by atoms with E-state index in [9.17, 15) is 9.90 Å². The number of allylic oxidation sites excluding steroid dienone is 8. The minimum atomic E-state index is -0.538. The van der Waals surface area contributed by atoms with Crippen molar-refractivity contribution in [2.45, 2.75) is 213 Å². The van der Waals surface area contributed by atoms with Gasteiger partial charge in [0.05, 0.1) is 13.2 Å². The van der Waals surface area contributed by atoms with Crippen LogP contribution in [0.4, 0.5) is 0 Å². The van der Waals surface area contributed by atoms with Crippen molar-refractivity contribution in [3.8, 4) is 0 Å². The Kier molecular flexibility index (Phi) is 41.1. The van der Waals surface area contributed by atoms with E-state index in [-0.39, 0.29) is 12.6 Å². The molecule has 4 nitrogen and oxygen atoms in total. The molecule has 0 rings (SSSR count). The second-order valence-electron chi connectivity index (χ2n) is 14.0. The maximum atomic E-state index is 12.2. The fourth-order valence-corrected chi connectivity index (χ4v) is 6.03. The molecule has 1 unspecified atom stereocenters. The van der Waals surface area contributed by atoms with Gasteiger partial charge < -0.3 is 14.6 Å². The highest BCUT2D eigenvalue weighted by Crippen LogP contribution is 2.15. The van der Waals surface area contributed by atoms with E-state index in [2.05, 4.69) is 62.5 Å². The summed E-state index contributed by atoms with van der Waals surface area (Å²) in [5, 5.41) is 9.60. The maximum absolute atomic E-state index is 12.2. The maximum Gasteiger partial charge on any atom is 0.306 e. The summed E-state index contributed by atoms with van der Waals surface area (Å²) in [6.07, 6.45) is 54.5. The molecule has 0 saturated carbocycles. The van der Waals surface area contributed by atoms with Crippen LogP contribution in [0, 0.1) is 0 Å². The molecular weight excluding hydrogens is 604 g/mol. The van der Waals surface area contributed by atoms with Crippen molar-refractivity contribution in [1.82, 2.24) is 0 Å². The number of carbonyl (C=O) groups is 1.